The van der Waals surface area contributed by atoms with Crippen molar-refractivity contribution in [3.05, 3.63) is 47.5 Å². The molecule has 2 aromatic rings. The lowest BCUT2D eigenvalue weighted by molar-refractivity contribution is -0.134. The second-order valence-electron chi connectivity index (χ2n) is 8.52. The van der Waals surface area contributed by atoms with Crippen molar-refractivity contribution in [1.29, 1.82) is 0 Å². The molecule has 2 aliphatic rings. The van der Waals surface area contributed by atoms with Crippen LogP contribution in [0.25, 0.3) is 0 Å². The molecule has 0 aromatic heterocycles. The van der Waals surface area contributed by atoms with Crippen LogP contribution in [0.5, 0.6) is 17.2 Å². The van der Waals surface area contributed by atoms with Crippen LogP contribution in [0.4, 0.5) is 5.69 Å². The van der Waals surface area contributed by atoms with Crippen LogP contribution in [-0.2, 0) is 16.0 Å². The topological polar surface area (TPSA) is 94.2 Å². The number of ether oxygens (including phenoxy) is 3. The van der Waals surface area contributed by atoms with Gasteiger partial charge in [0.1, 0.15) is 28.4 Å². The highest BCUT2D eigenvalue weighted by Gasteiger charge is 2.44. The lowest BCUT2D eigenvalue weighted by Crippen LogP contribution is -2.52. The predicted molar refractivity (Wildman–Crippen MR) is 122 cm³/mol. The summed E-state index contributed by atoms with van der Waals surface area (Å²) in [5, 5.41) is 2.72. The number of hydrogen-bond acceptors (Lipinski definition) is 6. The number of rotatable bonds is 5. The Morgan fingerprint density at radius 1 is 1.09 bits per heavy atom. The molecular weight excluding hydrogens is 424 g/mol. The lowest BCUT2D eigenvalue weighted by Gasteiger charge is -2.44. The third-order valence-electron chi connectivity index (χ3n) is 6.24. The molecule has 8 nitrogen and oxygen atoms in total. The highest BCUT2D eigenvalue weighted by Crippen LogP contribution is 2.44. The summed E-state index contributed by atoms with van der Waals surface area (Å²) in [6, 6.07) is 10.7. The van der Waals surface area contributed by atoms with Gasteiger partial charge in [0.15, 0.2) is 5.78 Å². The Balaban J connectivity index is 1.41. The number of hydrogen-bond donors (Lipinski definition) is 1. The predicted octanol–water partition coefficient (Wildman–Crippen LogP) is 3.23. The number of nitrogens with zero attached hydrogens (tertiary/aromatic N) is 1. The number of amides is 2. The summed E-state index contributed by atoms with van der Waals surface area (Å²) in [6.45, 7) is 2.49. The Labute approximate surface area is 192 Å². The molecule has 8 heteroatoms. The van der Waals surface area contributed by atoms with E-state index in [0.29, 0.717) is 54.4 Å². The van der Waals surface area contributed by atoms with Crippen molar-refractivity contribution in [3.8, 4) is 17.2 Å². The van der Waals surface area contributed by atoms with Gasteiger partial charge in [-0.05, 0) is 17.7 Å². The van der Waals surface area contributed by atoms with Gasteiger partial charge in [-0.2, -0.15) is 0 Å². The summed E-state index contributed by atoms with van der Waals surface area (Å²) in [6.07, 6.45) is 1.69. The van der Waals surface area contributed by atoms with Crippen molar-refractivity contribution in [2.45, 2.75) is 38.2 Å². The largest absolute Gasteiger partial charge is 0.496 e. The van der Waals surface area contributed by atoms with Crippen LogP contribution in [0.15, 0.2) is 36.4 Å². The van der Waals surface area contributed by atoms with Gasteiger partial charge in [0.05, 0.1) is 27.1 Å². The Morgan fingerprint density at radius 3 is 2.39 bits per heavy atom. The fourth-order valence-corrected chi connectivity index (χ4v) is 4.49. The van der Waals surface area contributed by atoms with Gasteiger partial charge in [-0.25, -0.2) is 0 Å². The molecule has 1 saturated heterocycles. The summed E-state index contributed by atoms with van der Waals surface area (Å²) < 4.78 is 17.1. The minimum Gasteiger partial charge on any atom is -0.496 e. The zero-order valence-electron chi connectivity index (χ0n) is 19.1. The molecule has 0 aliphatic carbocycles. The van der Waals surface area contributed by atoms with E-state index in [0.717, 1.165) is 5.56 Å². The number of fused-ring (bicyclic) bond motifs is 1. The van der Waals surface area contributed by atoms with Crippen molar-refractivity contribution in [2.75, 3.05) is 32.6 Å². The Bertz CT molecular complexity index is 1070. The number of Topliss-reactive ketones (excluding diaryl/α,β-unsaturated/α-hetero) is 1. The molecule has 1 spiro atoms. The molecule has 0 bridgehead atoms. The average Bonchev–Trinajstić information content (AvgIpc) is 2.79. The van der Waals surface area contributed by atoms with E-state index in [-0.39, 0.29) is 30.4 Å². The Hall–Kier alpha value is -3.55. The van der Waals surface area contributed by atoms with Gasteiger partial charge in [0.2, 0.25) is 11.8 Å². The molecule has 174 valence electrons. The van der Waals surface area contributed by atoms with Crippen molar-refractivity contribution in [1.82, 2.24) is 4.90 Å². The first-order valence-electron chi connectivity index (χ1n) is 10.9. The lowest BCUT2D eigenvalue weighted by atomic mass is 9.82. The number of carbonyl (C=O) groups excluding carboxylic acids is 3. The molecular formula is C25H28N2O6. The smallest absolute Gasteiger partial charge is 0.226 e. The molecule has 2 heterocycles. The summed E-state index contributed by atoms with van der Waals surface area (Å²) >= 11 is 0. The van der Waals surface area contributed by atoms with E-state index in [1.54, 1.807) is 31.4 Å². The number of carbonyl (C=O) groups is 3. The number of ketones is 1. The second-order valence-corrected chi connectivity index (χ2v) is 8.52. The van der Waals surface area contributed by atoms with Crippen LogP contribution >= 0.6 is 0 Å². The molecule has 33 heavy (non-hydrogen) atoms. The van der Waals surface area contributed by atoms with E-state index in [2.05, 4.69) is 5.32 Å². The first kappa shape index (κ1) is 22.6. The minimum atomic E-state index is -0.627. The number of anilines is 1. The molecule has 0 radical (unpaired) electrons. The van der Waals surface area contributed by atoms with E-state index < -0.39 is 5.60 Å². The highest BCUT2D eigenvalue weighted by atomic mass is 16.5. The maximum Gasteiger partial charge on any atom is 0.226 e. The number of nitrogens with one attached hydrogen (secondary N) is 1. The summed E-state index contributed by atoms with van der Waals surface area (Å²) in [5.74, 6) is 1.36. The molecule has 4 rings (SSSR count). The number of likely N-dealkylation sites (tertiary alicyclic amines) is 1. The van der Waals surface area contributed by atoms with Crippen molar-refractivity contribution >= 4 is 23.3 Å². The van der Waals surface area contributed by atoms with E-state index in [1.807, 2.05) is 17.0 Å². The van der Waals surface area contributed by atoms with Gasteiger partial charge in [-0.3, -0.25) is 14.4 Å². The van der Waals surface area contributed by atoms with Gasteiger partial charge >= 0.3 is 0 Å². The number of piperidine rings is 1. The third kappa shape index (κ3) is 4.79. The zero-order valence-corrected chi connectivity index (χ0v) is 19.1. The quantitative estimate of drug-likeness (QED) is 0.749. The molecule has 1 N–H and O–H groups in total. The Morgan fingerprint density at radius 2 is 1.79 bits per heavy atom. The van der Waals surface area contributed by atoms with Crippen LogP contribution in [0.1, 0.15) is 42.1 Å². The van der Waals surface area contributed by atoms with Crippen LogP contribution in [0, 0.1) is 0 Å². The number of methoxy groups -OCH3 is 2. The normalized spacial score (nSPS) is 16.6. The molecule has 0 atom stereocenters. The molecule has 2 amide bonds. The number of benzene rings is 2. The fourth-order valence-electron chi connectivity index (χ4n) is 4.49. The molecule has 2 aliphatic heterocycles. The average molecular weight is 453 g/mol. The molecule has 1 fully saturated rings. The van der Waals surface area contributed by atoms with Crippen LogP contribution < -0.4 is 19.5 Å². The van der Waals surface area contributed by atoms with Gasteiger partial charge in [-0.1, -0.05) is 12.1 Å². The van der Waals surface area contributed by atoms with E-state index in [1.165, 1.54) is 14.0 Å². The van der Waals surface area contributed by atoms with Crippen molar-refractivity contribution < 1.29 is 28.6 Å². The first-order chi connectivity index (χ1) is 15.8. The summed E-state index contributed by atoms with van der Waals surface area (Å²) in [5.41, 5.74) is 1.40. The van der Waals surface area contributed by atoms with Gasteiger partial charge in [0.25, 0.3) is 0 Å². The summed E-state index contributed by atoms with van der Waals surface area (Å²) in [7, 11) is 3.07. The fraction of sp³-hybridized carbons (Fsp3) is 0.400. The zero-order chi connectivity index (χ0) is 23.6. The van der Waals surface area contributed by atoms with Crippen molar-refractivity contribution in [3.63, 3.8) is 0 Å². The van der Waals surface area contributed by atoms with Gasteiger partial charge in [-0.15, -0.1) is 0 Å². The minimum absolute atomic E-state index is 0.0187. The molecule has 0 unspecified atom stereocenters. The third-order valence-corrected chi connectivity index (χ3v) is 6.24. The second kappa shape index (κ2) is 9.13. The maximum absolute atomic E-state index is 13.0. The maximum atomic E-state index is 13.0. The van der Waals surface area contributed by atoms with E-state index in [9.17, 15) is 14.4 Å². The monoisotopic (exact) mass is 452 g/mol. The van der Waals surface area contributed by atoms with E-state index in [4.69, 9.17) is 14.2 Å². The highest BCUT2D eigenvalue weighted by molar-refractivity contribution is 6.03. The molecule has 0 saturated carbocycles. The van der Waals surface area contributed by atoms with Gasteiger partial charge < -0.3 is 24.4 Å². The van der Waals surface area contributed by atoms with Gasteiger partial charge in [0, 0.05) is 50.7 Å². The van der Waals surface area contributed by atoms with E-state index >= 15 is 0 Å². The standard InChI is InChI=1S/C25H28N2O6/c1-16(28)26-18-6-4-17(5-7-18)12-23(30)27-10-8-25(9-11-27)15-20(29)24-21(32-3)13-19(31-2)14-22(24)33-25/h4-7,13-14H,8-12,15H2,1-3H3,(H,26,28). The molecule has 2 aromatic carbocycles. The van der Waals surface area contributed by atoms with Crippen LogP contribution in [-0.4, -0.2) is 55.4 Å². The van der Waals surface area contributed by atoms with Crippen LogP contribution in [0.2, 0.25) is 0 Å². The Kier molecular flexibility index (Phi) is 6.26. The van der Waals surface area contributed by atoms with Crippen molar-refractivity contribution in [2.24, 2.45) is 0 Å². The van der Waals surface area contributed by atoms with Crippen LogP contribution in [0.3, 0.4) is 0 Å². The SMILES string of the molecule is COc1cc(OC)c2c(c1)OC1(CCN(C(=O)Cc3ccc(NC(C)=O)cc3)CC1)CC2=O. The first-order valence-corrected chi connectivity index (χ1v) is 10.9. The summed E-state index contributed by atoms with van der Waals surface area (Å²) in [4.78, 5) is 38.8.